The summed E-state index contributed by atoms with van der Waals surface area (Å²) in [5.74, 6) is 0. The van der Waals surface area contributed by atoms with E-state index < -0.39 is 6.09 Å². The van der Waals surface area contributed by atoms with Crippen LogP contribution in [0.5, 0.6) is 0 Å². The summed E-state index contributed by atoms with van der Waals surface area (Å²) in [6.45, 7) is 1.54. The van der Waals surface area contributed by atoms with Gasteiger partial charge >= 0.3 is 6.09 Å². The van der Waals surface area contributed by atoms with E-state index in [0.717, 1.165) is 13.0 Å². The van der Waals surface area contributed by atoms with Crippen molar-refractivity contribution in [2.45, 2.75) is 12.5 Å². The molecule has 1 saturated heterocycles. The highest BCUT2D eigenvalue weighted by Crippen LogP contribution is 2.28. The number of carboxylic acid groups (broad SMARTS) is 1. The lowest BCUT2D eigenvalue weighted by Gasteiger charge is -2.25. The summed E-state index contributed by atoms with van der Waals surface area (Å²) in [4.78, 5) is 12.7. The van der Waals surface area contributed by atoms with Crippen molar-refractivity contribution < 1.29 is 9.90 Å². The van der Waals surface area contributed by atoms with E-state index in [4.69, 9.17) is 5.73 Å². The van der Waals surface area contributed by atoms with Gasteiger partial charge in [0.1, 0.15) is 0 Å². The molecule has 1 heterocycles. The predicted molar refractivity (Wildman–Crippen MR) is 70.3 cm³/mol. The fraction of sp³-hybridized carbons (Fsp3) is 0.364. The number of amides is 1. The van der Waals surface area contributed by atoms with Crippen molar-refractivity contribution in [2.75, 3.05) is 23.7 Å². The molecule has 2 rings (SSSR count). The van der Waals surface area contributed by atoms with Crippen LogP contribution < -0.4 is 16.0 Å². The van der Waals surface area contributed by atoms with Gasteiger partial charge in [-0.3, -0.25) is 4.90 Å². The molecule has 1 atom stereocenters. The number of rotatable bonds is 2. The molecule has 1 aromatic rings. The molecule has 17 heavy (non-hydrogen) atoms. The Morgan fingerprint density at radius 3 is 2.88 bits per heavy atom. The maximum Gasteiger partial charge on any atom is 0.412 e. The Morgan fingerprint density at radius 1 is 1.59 bits per heavy atom. The van der Waals surface area contributed by atoms with Crippen LogP contribution in [0.3, 0.4) is 0 Å². The zero-order valence-electron chi connectivity index (χ0n) is 9.19. The first kappa shape index (κ1) is 12.2. The monoisotopic (exact) mass is 299 g/mol. The van der Waals surface area contributed by atoms with Gasteiger partial charge in [-0.2, -0.15) is 0 Å². The summed E-state index contributed by atoms with van der Waals surface area (Å²) in [7, 11) is 0. The first-order chi connectivity index (χ1) is 8.09. The highest BCUT2D eigenvalue weighted by molar-refractivity contribution is 9.10. The molecule has 0 aromatic heterocycles. The summed E-state index contributed by atoms with van der Waals surface area (Å²) < 4.78 is 0.715. The summed E-state index contributed by atoms with van der Waals surface area (Å²) in [5, 5.41) is 12.5. The number of nitrogens with one attached hydrogen (secondary N) is 1. The molecule has 6 heteroatoms. The molecule has 4 N–H and O–H groups in total. The van der Waals surface area contributed by atoms with E-state index in [1.807, 2.05) is 0 Å². The minimum Gasteiger partial charge on any atom is -0.465 e. The van der Waals surface area contributed by atoms with Gasteiger partial charge in [0.05, 0.1) is 6.04 Å². The lowest BCUT2D eigenvalue weighted by molar-refractivity contribution is 0.199. The normalized spacial score (nSPS) is 19.2. The molecule has 0 aliphatic carbocycles. The molecule has 1 unspecified atom stereocenters. The SMILES string of the molecule is Nc1ccc(N(C(=O)O)C2CCNC2)cc1Br. The van der Waals surface area contributed by atoms with Crippen LogP contribution in [0.25, 0.3) is 0 Å². The lowest BCUT2D eigenvalue weighted by Crippen LogP contribution is -2.40. The second-order valence-electron chi connectivity index (χ2n) is 4.01. The van der Waals surface area contributed by atoms with Crippen molar-refractivity contribution in [3.8, 4) is 0 Å². The van der Waals surface area contributed by atoms with Crippen molar-refractivity contribution in [2.24, 2.45) is 0 Å². The number of nitrogens with two attached hydrogens (primary N) is 1. The molecule has 1 fully saturated rings. The quantitative estimate of drug-likeness (QED) is 0.729. The fourth-order valence-corrected chi connectivity index (χ4v) is 2.37. The standard InChI is InChI=1S/C11H14BrN3O2/c12-9-5-7(1-2-10(9)13)15(11(16)17)8-3-4-14-6-8/h1-2,5,8,14H,3-4,6,13H2,(H,16,17). The average Bonchev–Trinajstić information content (AvgIpc) is 2.76. The van der Waals surface area contributed by atoms with Crippen LogP contribution in [0.1, 0.15) is 6.42 Å². The largest absolute Gasteiger partial charge is 0.465 e. The number of halogens is 1. The zero-order valence-corrected chi connectivity index (χ0v) is 10.8. The number of anilines is 2. The Hall–Kier alpha value is -1.27. The van der Waals surface area contributed by atoms with E-state index in [-0.39, 0.29) is 6.04 Å². The van der Waals surface area contributed by atoms with Gasteiger partial charge in [-0.05, 0) is 47.1 Å². The number of nitrogen functional groups attached to an aromatic ring is 1. The smallest absolute Gasteiger partial charge is 0.412 e. The fourth-order valence-electron chi connectivity index (χ4n) is 2.00. The van der Waals surface area contributed by atoms with Crippen molar-refractivity contribution in [1.29, 1.82) is 0 Å². The van der Waals surface area contributed by atoms with Gasteiger partial charge in [0.25, 0.3) is 0 Å². The number of nitrogens with zero attached hydrogens (tertiary/aromatic N) is 1. The summed E-state index contributed by atoms with van der Waals surface area (Å²) in [6.07, 6.45) is -0.107. The van der Waals surface area contributed by atoms with Crippen LogP contribution in [0.4, 0.5) is 16.2 Å². The van der Waals surface area contributed by atoms with Crippen LogP contribution >= 0.6 is 15.9 Å². The zero-order chi connectivity index (χ0) is 12.4. The number of hydrogen-bond donors (Lipinski definition) is 3. The van der Waals surface area contributed by atoms with Crippen LogP contribution in [-0.4, -0.2) is 30.3 Å². The van der Waals surface area contributed by atoms with Gasteiger partial charge < -0.3 is 16.2 Å². The summed E-state index contributed by atoms with van der Waals surface area (Å²) >= 11 is 3.31. The third-order valence-electron chi connectivity index (χ3n) is 2.87. The number of carbonyl (C=O) groups is 1. The highest BCUT2D eigenvalue weighted by Gasteiger charge is 2.27. The Labute approximate surface area is 108 Å². The van der Waals surface area contributed by atoms with Crippen molar-refractivity contribution in [1.82, 2.24) is 5.32 Å². The first-order valence-corrected chi connectivity index (χ1v) is 6.17. The van der Waals surface area contributed by atoms with Crippen LogP contribution in [0.15, 0.2) is 22.7 Å². The molecule has 0 saturated carbocycles. The highest BCUT2D eigenvalue weighted by atomic mass is 79.9. The van der Waals surface area contributed by atoms with E-state index in [2.05, 4.69) is 21.2 Å². The molecule has 1 amide bonds. The van der Waals surface area contributed by atoms with Gasteiger partial charge in [-0.1, -0.05) is 0 Å². The van der Waals surface area contributed by atoms with Gasteiger partial charge in [0, 0.05) is 22.4 Å². The third kappa shape index (κ3) is 2.53. The second-order valence-corrected chi connectivity index (χ2v) is 4.86. The van der Waals surface area contributed by atoms with E-state index in [0.29, 0.717) is 22.4 Å². The minimum atomic E-state index is -0.935. The number of hydrogen-bond acceptors (Lipinski definition) is 3. The van der Waals surface area contributed by atoms with E-state index in [1.165, 1.54) is 4.90 Å². The predicted octanol–water partition coefficient (Wildman–Crippen LogP) is 1.88. The van der Waals surface area contributed by atoms with Gasteiger partial charge in [0.15, 0.2) is 0 Å². The van der Waals surface area contributed by atoms with Gasteiger partial charge in [0.2, 0.25) is 0 Å². The molecule has 0 spiro atoms. The molecule has 1 aliphatic rings. The van der Waals surface area contributed by atoms with E-state index in [1.54, 1.807) is 18.2 Å². The molecule has 92 valence electrons. The Morgan fingerprint density at radius 2 is 2.35 bits per heavy atom. The molecule has 1 aliphatic heterocycles. The molecule has 0 radical (unpaired) electrons. The van der Waals surface area contributed by atoms with Crippen molar-refractivity contribution >= 4 is 33.4 Å². The van der Waals surface area contributed by atoms with Crippen LogP contribution in [-0.2, 0) is 0 Å². The average molecular weight is 300 g/mol. The molecule has 1 aromatic carbocycles. The van der Waals surface area contributed by atoms with E-state index >= 15 is 0 Å². The van der Waals surface area contributed by atoms with E-state index in [9.17, 15) is 9.90 Å². The lowest BCUT2D eigenvalue weighted by atomic mass is 10.2. The second kappa shape index (κ2) is 4.93. The summed E-state index contributed by atoms with van der Waals surface area (Å²) in [6, 6.07) is 5.16. The molecular weight excluding hydrogens is 286 g/mol. The minimum absolute atomic E-state index is 0.0111. The topological polar surface area (TPSA) is 78.6 Å². The molecule has 5 nitrogen and oxygen atoms in total. The van der Waals surface area contributed by atoms with Gasteiger partial charge in [-0.25, -0.2) is 4.79 Å². The summed E-state index contributed by atoms with van der Waals surface area (Å²) in [5.41, 5.74) is 6.94. The number of benzene rings is 1. The molecule has 0 bridgehead atoms. The van der Waals surface area contributed by atoms with Crippen molar-refractivity contribution in [3.05, 3.63) is 22.7 Å². The molecular formula is C11H14BrN3O2. The van der Waals surface area contributed by atoms with Crippen molar-refractivity contribution in [3.63, 3.8) is 0 Å². The maximum absolute atomic E-state index is 11.3. The maximum atomic E-state index is 11.3. The Kier molecular flexibility index (Phi) is 3.54. The Bertz CT molecular complexity index is 433. The first-order valence-electron chi connectivity index (χ1n) is 5.37. The Balaban J connectivity index is 2.31. The van der Waals surface area contributed by atoms with Crippen LogP contribution in [0, 0.1) is 0 Å². The van der Waals surface area contributed by atoms with Gasteiger partial charge in [-0.15, -0.1) is 0 Å². The van der Waals surface area contributed by atoms with Crippen LogP contribution in [0.2, 0.25) is 0 Å². The third-order valence-corrected chi connectivity index (χ3v) is 3.55.